The van der Waals surface area contributed by atoms with Crippen molar-refractivity contribution in [3.05, 3.63) is 35.4 Å². The number of hydrogen-bond donors (Lipinski definition) is 5. The van der Waals surface area contributed by atoms with Crippen molar-refractivity contribution in [2.45, 2.75) is 129 Å². The summed E-state index contributed by atoms with van der Waals surface area (Å²) in [7, 11) is 0. The van der Waals surface area contributed by atoms with Crippen LogP contribution in [0, 0.1) is 11.8 Å². The molecule has 4 atom stereocenters. The van der Waals surface area contributed by atoms with Gasteiger partial charge in [0.1, 0.15) is 18.1 Å². The van der Waals surface area contributed by atoms with Gasteiger partial charge in [0.2, 0.25) is 29.4 Å². The highest BCUT2D eigenvalue weighted by Crippen LogP contribution is 2.30. The number of hydrogen-bond acceptors (Lipinski definition) is 8. The molecule has 51 heavy (non-hydrogen) atoms. The molecule has 1 heterocycles. The fourth-order valence-corrected chi connectivity index (χ4v) is 6.60. The minimum Gasteiger partial charge on any atom is -0.449 e. The Bertz CT molecular complexity index is 1390. The predicted octanol–water partition coefficient (Wildman–Crippen LogP) is 2.40. The van der Waals surface area contributed by atoms with Gasteiger partial charge in [0.25, 0.3) is 5.91 Å². The van der Waals surface area contributed by atoms with Gasteiger partial charge < -0.3 is 36.6 Å². The maximum absolute atomic E-state index is 14.5. The van der Waals surface area contributed by atoms with Crippen molar-refractivity contribution in [2.75, 3.05) is 13.2 Å². The first-order valence-electron chi connectivity index (χ1n) is 18.4. The van der Waals surface area contributed by atoms with E-state index < -0.39 is 72.1 Å². The molecule has 4 unspecified atom stereocenters. The second-order valence-corrected chi connectivity index (χ2v) is 14.0. The summed E-state index contributed by atoms with van der Waals surface area (Å²) >= 11 is 0. The van der Waals surface area contributed by atoms with E-state index in [0.717, 1.165) is 49.7 Å². The fraction of sp³-hybridized carbons (Fsp3) is 0.649. The van der Waals surface area contributed by atoms with E-state index in [9.17, 15) is 33.6 Å². The molecule has 0 radical (unpaired) electrons. The summed E-state index contributed by atoms with van der Waals surface area (Å²) in [5.41, 5.74) is 7.12. The average Bonchev–Trinajstić information content (AvgIpc) is 3.12. The molecule has 1 aliphatic heterocycles. The third-order valence-electron chi connectivity index (χ3n) is 9.41. The molecule has 282 valence electrons. The smallest absolute Gasteiger partial charge is 0.407 e. The number of nitrogens with two attached hydrogens (primary N) is 1. The lowest BCUT2D eigenvalue weighted by molar-refractivity contribution is -0.146. The molecule has 1 aromatic rings. The summed E-state index contributed by atoms with van der Waals surface area (Å²) in [5.74, 6) is -4.46. The van der Waals surface area contributed by atoms with Crippen LogP contribution < -0.4 is 27.0 Å². The van der Waals surface area contributed by atoms with E-state index in [1.165, 1.54) is 4.90 Å². The van der Waals surface area contributed by atoms with E-state index >= 15 is 0 Å². The Kier molecular flexibility index (Phi) is 16.4. The molecule has 6 amide bonds. The van der Waals surface area contributed by atoms with E-state index in [1.807, 2.05) is 45.0 Å². The zero-order chi connectivity index (χ0) is 37.5. The topological polar surface area (TPSA) is 206 Å². The SMILES string of the molecule is CCCCC(NC(=O)CNC(=O)C(=O)C(CCC)NC(=O)C1Cc2ccccc2CN1C(=O)C(NC(=O)OCC(C)C)C1CCCCC1)C(N)=O. The second-order valence-electron chi connectivity index (χ2n) is 14.0. The molecular formula is C37H56N6O8. The summed E-state index contributed by atoms with van der Waals surface area (Å²) in [6, 6.07) is 3.42. The van der Waals surface area contributed by atoms with Crippen molar-refractivity contribution in [1.82, 2.24) is 26.2 Å². The Morgan fingerprint density at radius 1 is 0.882 bits per heavy atom. The van der Waals surface area contributed by atoms with Gasteiger partial charge in [-0.3, -0.25) is 28.8 Å². The minimum atomic E-state index is -1.22. The van der Waals surface area contributed by atoms with E-state index in [-0.39, 0.29) is 37.8 Å². The molecule has 0 bridgehead atoms. The van der Waals surface area contributed by atoms with Crippen LogP contribution >= 0.6 is 0 Å². The number of carbonyl (C=O) groups is 7. The standard InChI is InChI=1S/C37H56N6O8/c1-5-7-18-28(33(38)46)40-30(44)20-39-35(48)32(45)27(13-6-2)41-34(47)29-19-25-16-11-12-17-26(25)21-43(29)36(49)31(24-14-9-8-10-15-24)42-37(50)51-22-23(3)4/h11-12,16-17,23-24,27-29,31H,5-10,13-15,18-22H2,1-4H3,(H2,38,46)(H,39,48)(H,40,44)(H,41,47)(H,42,50). The average molecular weight is 713 g/mol. The van der Waals surface area contributed by atoms with Crippen LogP contribution in [0.5, 0.6) is 0 Å². The third-order valence-corrected chi connectivity index (χ3v) is 9.41. The van der Waals surface area contributed by atoms with E-state index in [4.69, 9.17) is 10.5 Å². The number of benzene rings is 1. The van der Waals surface area contributed by atoms with Gasteiger partial charge in [0, 0.05) is 13.0 Å². The number of nitrogens with one attached hydrogen (secondary N) is 4. The highest BCUT2D eigenvalue weighted by molar-refractivity contribution is 6.38. The monoisotopic (exact) mass is 712 g/mol. The number of ether oxygens (including phenoxy) is 1. The highest BCUT2D eigenvalue weighted by atomic mass is 16.5. The maximum atomic E-state index is 14.5. The van der Waals surface area contributed by atoms with Gasteiger partial charge in [-0.05, 0) is 48.6 Å². The molecule has 1 saturated carbocycles. The molecule has 6 N–H and O–H groups in total. The molecule has 3 rings (SSSR count). The van der Waals surface area contributed by atoms with Crippen molar-refractivity contribution >= 4 is 41.4 Å². The number of nitrogens with zero attached hydrogens (tertiary/aromatic N) is 1. The number of carbonyl (C=O) groups excluding carboxylic acids is 7. The van der Waals surface area contributed by atoms with Gasteiger partial charge in [0.05, 0.1) is 19.2 Å². The Balaban J connectivity index is 1.79. The van der Waals surface area contributed by atoms with E-state index in [2.05, 4.69) is 21.3 Å². The van der Waals surface area contributed by atoms with Crippen molar-refractivity contribution in [3.63, 3.8) is 0 Å². The highest BCUT2D eigenvalue weighted by Gasteiger charge is 2.42. The van der Waals surface area contributed by atoms with Crippen LogP contribution in [0.2, 0.25) is 0 Å². The number of amides is 6. The van der Waals surface area contributed by atoms with E-state index in [0.29, 0.717) is 19.3 Å². The fourth-order valence-electron chi connectivity index (χ4n) is 6.60. The molecular weight excluding hydrogens is 656 g/mol. The lowest BCUT2D eigenvalue weighted by Crippen LogP contribution is -2.61. The third kappa shape index (κ3) is 12.4. The molecule has 0 aromatic heterocycles. The number of alkyl carbamates (subject to hydrolysis) is 1. The van der Waals surface area contributed by atoms with Crippen molar-refractivity contribution in [3.8, 4) is 0 Å². The number of unbranched alkanes of at least 4 members (excludes halogenated alkanes) is 1. The summed E-state index contributed by atoms with van der Waals surface area (Å²) in [4.78, 5) is 93.2. The van der Waals surface area contributed by atoms with Crippen molar-refractivity contribution in [1.29, 1.82) is 0 Å². The molecule has 1 aliphatic carbocycles. The lowest BCUT2D eigenvalue weighted by atomic mass is 9.82. The van der Waals surface area contributed by atoms with Crippen LogP contribution in [-0.2, 0) is 46.5 Å². The van der Waals surface area contributed by atoms with Crippen LogP contribution in [-0.4, -0.2) is 83.6 Å². The first-order valence-corrected chi connectivity index (χ1v) is 18.4. The molecule has 0 saturated heterocycles. The Morgan fingerprint density at radius 3 is 2.20 bits per heavy atom. The minimum absolute atomic E-state index is 0.106. The van der Waals surface area contributed by atoms with Gasteiger partial charge in [-0.1, -0.05) is 90.5 Å². The van der Waals surface area contributed by atoms with Gasteiger partial charge in [-0.15, -0.1) is 0 Å². The van der Waals surface area contributed by atoms with Crippen LogP contribution in [0.15, 0.2) is 24.3 Å². The molecule has 0 spiro atoms. The zero-order valence-electron chi connectivity index (χ0n) is 30.5. The molecule has 2 aliphatic rings. The molecule has 1 aromatic carbocycles. The summed E-state index contributed by atoms with van der Waals surface area (Å²) in [6.45, 7) is 7.30. The lowest BCUT2D eigenvalue weighted by Gasteiger charge is -2.40. The van der Waals surface area contributed by atoms with Crippen LogP contribution in [0.25, 0.3) is 0 Å². The largest absolute Gasteiger partial charge is 0.449 e. The maximum Gasteiger partial charge on any atom is 0.407 e. The Morgan fingerprint density at radius 2 is 1.57 bits per heavy atom. The van der Waals surface area contributed by atoms with Gasteiger partial charge in [-0.25, -0.2) is 4.79 Å². The van der Waals surface area contributed by atoms with Crippen LogP contribution in [0.3, 0.4) is 0 Å². The normalized spacial score (nSPS) is 17.7. The predicted molar refractivity (Wildman–Crippen MR) is 190 cm³/mol. The van der Waals surface area contributed by atoms with Crippen LogP contribution in [0.1, 0.15) is 103 Å². The second kappa shape index (κ2) is 20.4. The summed E-state index contributed by atoms with van der Waals surface area (Å²) in [6.07, 6.45) is 6.21. The summed E-state index contributed by atoms with van der Waals surface area (Å²) in [5, 5.41) is 10.3. The molecule has 14 nitrogen and oxygen atoms in total. The first-order chi connectivity index (χ1) is 24.4. The van der Waals surface area contributed by atoms with Gasteiger partial charge >= 0.3 is 6.09 Å². The van der Waals surface area contributed by atoms with E-state index in [1.54, 1.807) is 6.92 Å². The Labute approximate surface area is 300 Å². The quantitative estimate of drug-likeness (QED) is 0.143. The number of ketones is 1. The van der Waals surface area contributed by atoms with Crippen molar-refractivity contribution < 1.29 is 38.3 Å². The number of fused-ring (bicyclic) bond motifs is 1. The van der Waals surface area contributed by atoms with Gasteiger partial charge in [0.15, 0.2) is 0 Å². The molecule has 1 fully saturated rings. The van der Waals surface area contributed by atoms with Crippen molar-refractivity contribution in [2.24, 2.45) is 17.6 Å². The summed E-state index contributed by atoms with van der Waals surface area (Å²) < 4.78 is 5.38. The molecule has 14 heteroatoms. The zero-order valence-corrected chi connectivity index (χ0v) is 30.5. The number of primary amides is 1. The van der Waals surface area contributed by atoms with Crippen LogP contribution in [0.4, 0.5) is 4.79 Å². The number of Topliss-reactive ketones (excluding diaryl/α,β-unsaturated/α-hetero) is 1. The van der Waals surface area contributed by atoms with Gasteiger partial charge in [-0.2, -0.15) is 0 Å². The number of rotatable bonds is 18. The first kappa shape index (κ1) is 40.9. The Hall–Kier alpha value is -4.49.